The second kappa shape index (κ2) is 3.72. The summed E-state index contributed by atoms with van der Waals surface area (Å²) >= 11 is 0. The van der Waals surface area contributed by atoms with Crippen LogP contribution < -0.4 is 0 Å². The average molecular weight is 285 g/mol. The second-order valence-corrected chi connectivity index (χ2v) is 7.81. The van der Waals surface area contributed by atoms with Gasteiger partial charge in [-0.1, -0.05) is 12.1 Å². The summed E-state index contributed by atoms with van der Waals surface area (Å²) in [5.74, 6) is 3.63. The molecule has 2 heterocycles. The van der Waals surface area contributed by atoms with E-state index < -0.39 is 0 Å². The van der Waals surface area contributed by atoms with E-state index in [-0.39, 0.29) is 5.41 Å². The number of aromatic nitrogens is 5. The molecular weight excluding hydrogens is 266 g/mol. The van der Waals surface area contributed by atoms with Gasteiger partial charge >= 0.3 is 0 Å². The van der Waals surface area contributed by atoms with E-state index in [1.807, 2.05) is 0 Å². The maximum absolute atomic E-state index is 5.67. The van der Waals surface area contributed by atoms with Crippen LogP contribution in [0.1, 0.15) is 51.3 Å². The Labute approximate surface area is 122 Å². The number of H-pyrrole nitrogens is 1. The first-order valence-electron chi connectivity index (χ1n) is 7.84. The smallest absolute Gasteiger partial charge is 0.239 e. The van der Waals surface area contributed by atoms with Crippen LogP contribution in [-0.4, -0.2) is 25.3 Å². The summed E-state index contributed by atoms with van der Waals surface area (Å²) in [6.07, 6.45) is 9.28. The third-order valence-corrected chi connectivity index (χ3v) is 5.86. The summed E-state index contributed by atoms with van der Waals surface area (Å²) < 4.78 is 5.67. The molecule has 2 atom stereocenters. The number of hydrogen-bond donors (Lipinski definition) is 1. The van der Waals surface area contributed by atoms with Gasteiger partial charge in [0.1, 0.15) is 6.33 Å². The van der Waals surface area contributed by atoms with Gasteiger partial charge in [0.05, 0.1) is 5.41 Å². The zero-order chi connectivity index (χ0) is 14.1. The van der Waals surface area contributed by atoms with E-state index in [1.165, 1.54) is 44.9 Å². The molecule has 21 heavy (non-hydrogen) atoms. The molecule has 0 amide bonds. The van der Waals surface area contributed by atoms with E-state index in [1.54, 1.807) is 0 Å². The highest BCUT2D eigenvalue weighted by Gasteiger charge is 2.58. The zero-order valence-electron chi connectivity index (χ0n) is 12.2. The van der Waals surface area contributed by atoms with Gasteiger partial charge in [-0.3, -0.25) is 5.10 Å². The monoisotopic (exact) mass is 285 g/mol. The van der Waals surface area contributed by atoms with E-state index >= 15 is 0 Å². The molecule has 4 bridgehead atoms. The third-order valence-electron chi connectivity index (χ3n) is 5.86. The fraction of sp³-hybridized carbons (Fsp3) is 0.733. The van der Waals surface area contributed by atoms with Crippen LogP contribution in [0.4, 0.5) is 0 Å². The summed E-state index contributed by atoms with van der Waals surface area (Å²) in [7, 11) is 0. The minimum absolute atomic E-state index is 0.115. The van der Waals surface area contributed by atoms with Gasteiger partial charge in [-0.15, -0.1) is 0 Å². The quantitative estimate of drug-likeness (QED) is 0.917. The van der Waals surface area contributed by atoms with Gasteiger partial charge in [0.25, 0.3) is 0 Å². The van der Waals surface area contributed by atoms with Gasteiger partial charge in [-0.05, 0) is 55.8 Å². The second-order valence-electron chi connectivity index (χ2n) is 7.81. The minimum Gasteiger partial charge on any atom is -0.338 e. The van der Waals surface area contributed by atoms with Gasteiger partial charge in [-0.25, -0.2) is 4.98 Å². The molecule has 6 heteroatoms. The van der Waals surface area contributed by atoms with Crippen molar-refractivity contribution in [2.45, 2.75) is 50.9 Å². The number of nitrogens with one attached hydrogen (secondary N) is 1. The van der Waals surface area contributed by atoms with Crippen molar-refractivity contribution in [3.05, 3.63) is 12.2 Å². The van der Waals surface area contributed by atoms with Crippen molar-refractivity contribution in [1.82, 2.24) is 25.3 Å². The summed E-state index contributed by atoms with van der Waals surface area (Å²) in [6.45, 7) is 2.45. The first kappa shape index (κ1) is 11.9. The molecule has 4 fully saturated rings. The van der Waals surface area contributed by atoms with Crippen molar-refractivity contribution in [1.29, 1.82) is 0 Å². The Hall–Kier alpha value is -1.72. The minimum atomic E-state index is 0.115. The van der Waals surface area contributed by atoms with Crippen molar-refractivity contribution < 1.29 is 4.52 Å². The molecule has 0 spiro atoms. The van der Waals surface area contributed by atoms with Crippen LogP contribution in [0.2, 0.25) is 0 Å². The average Bonchev–Trinajstić information content (AvgIpc) is 3.07. The molecule has 2 aromatic heterocycles. The Morgan fingerprint density at radius 2 is 2.05 bits per heavy atom. The van der Waals surface area contributed by atoms with E-state index in [2.05, 4.69) is 32.2 Å². The zero-order valence-corrected chi connectivity index (χ0v) is 12.2. The molecule has 2 unspecified atom stereocenters. The molecule has 110 valence electrons. The van der Waals surface area contributed by atoms with Gasteiger partial charge in [-0.2, -0.15) is 10.1 Å². The van der Waals surface area contributed by atoms with Crippen LogP contribution >= 0.6 is 0 Å². The van der Waals surface area contributed by atoms with Crippen molar-refractivity contribution >= 4 is 0 Å². The van der Waals surface area contributed by atoms with Crippen molar-refractivity contribution in [2.24, 2.45) is 17.3 Å². The molecule has 6 nitrogen and oxygen atoms in total. The standard InChI is InChI=1S/C15H19N5O/c1-14-3-9-2-10(4-14)6-15(5-9,7-14)13-18-12(20-21-13)11-16-8-17-19-11/h8-10H,2-7H2,1H3,(H,16,17,19). The van der Waals surface area contributed by atoms with Crippen molar-refractivity contribution in [3.8, 4) is 11.6 Å². The van der Waals surface area contributed by atoms with Crippen molar-refractivity contribution in [3.63, 3.8) is 0 Å². The fourth-order valence-corrected chi connectivity index (χ4v) is 5.82. The molecule has 0 aliphatic heterocycles. The molecule has 1 N–H and O–H groups in total. The van der Waals surface area contributed by atoms with E-state index in [0.717, 1.165) is 17.7 Å². The molecule has 4 aliphatic rings. The normalized spacial score (nSPS) is 40.8. The predicted molar refractivity (Wildman–Crippen MR) is 74.1 cm³/mol. The van der Waals surface area contributed by atoms with Crippen LogP contribution in [0, 0.1) is 17.3 Å². The maximum Gasteiger partial charge on any atom is 0.239 e. The predicted octanol–water partition coefficient (Wildman–Crippen LogP) is 2.71. The van der Waals surface area contributed by atoms with E-state index in [9.17, 15) is 0 Å². The Kier molecular flexibility index (Phi) is 2.11. The molecule has 2 aromatic rings. The lowest BCUT2D eigenvalue weighted by Crippen LogP contribution is -2.53. The number of hydrogen-bond acceptors (Lipinski definition) is 5. The number of aromatic amines is 1. The Morgan fingerprint density at radius 3 is 2.71 bits per heavy atom. The lowest BCUT2D eigenvalue weighted by atomic mass is 9.44. The van der Waals surface area contributed by atoms with Crippen LogP contribution in [0.5, 0.6) is 0 Å². The van der Waals surface area contributed by atoms with Gasteiger partial charge < -0.3 is 4.52 Å². The van der Waals surface area contributed by atoms with Gasteiger partial charge in [0.2, 0.25) is 11.7 Å². The van der Waals surface area contributed by atoms with E-state index in [4.69, 9.17) is 4.52 Å². The molecule has 0 radical (unpaired) electrons. The van der Waals surface area contributed by atoms with Gasteiger partial charge in [0.15, 0.2) is 5.82 Å². The lowest BCUT2D eigenvalue weighted by molar-refractivity contribution is -0.0724. The molecule has 0 saturated heterocycles. The lowest BCUT2D eigenvalue weighted by Gasteiger charge is -2.59. The first-order valence-corrected chi connectivity index (χ1v) is 7.84. The highest BCUT2D eigenvalue weighted by Crippen LogP contribution is 2.65. The molecule has 6 rings (SSSR count). The summed E-state index contributed by atoms with van der Waals surface area (Å²) in [5, 5.41) is 10.8. The Balaban J connectivity index is 1.55. The Morgan fingerprint density at radius 1 is 1.24 bits per heavy atom. The number of rotatable bonds is 2. The fourth-order valence-electron chi connectivity index (χ4n) is 5.82. The highest BCUT2D eigenvalue weighted by molar-refractivity contribution is 5.40. The summed E-state index contributed by atoms with van der Waals surface area (Å²) in [5.41, 5.74) is 0.592. The van der Waals surface area contributed by atoms with E-state index in [0.29, 0.717) is 17.1 Å². The highest BCUT2D eigenvalue weighted by atomic mass is 16.5. The topological polar surface area (TPSA) is 80.5 Å². The molecule has 0 aromatic carbocycles. The Bertz CT molecular complexity index is 662. The molecular formula is C15H19N5O. The molecule has 4 saturated carbocycles. The molecule has 4 aliphatic carbocycles. The van der Waals surface area contributed by atoms with Crippen LogP contribution in [0.15, 0.2) is 10.9 Å². The van der Waals surface area contributed by atoms with Crippen molar-refractivity contribution in [2.75, 3.05) is 0 Å². The number of nitrogens with zero attached hydrogens (tertiary/aromatic N) is 4. The summed E-state index contributed by atoms with van der Waals surface area (Å²) in [4.78, 5) is 8.77. The largest absolute Gasteiger partial charge is 0.338 e. The van der Waals surface area contributed by atoms with Crippen LogP contribution in [0.25, 0.3) is 11.6 Å². The van der Waals surface area contributed by atoms with Crippen LogP contribution in [0.3, 0.4) is 0 Å². The first-order chi connectivity index (χ1) is 10.1. The van der Waals surface area contributed by atoms with Crippen LogP contribution in [-0.2, 0) is 5.41 Å². The third kappa shape index (κ3) is 1.64. The summed E-state index contributed by atoms with van der Waals surface area (Å²) in [6, 6.07) is 0. The maximum atomic E-state index is 5.67. The SMILES string of the molecule is CC12CC3CC(C1)CC(c1nc(-c4ncn[nH]4)no1)(C3)C2. The van der Waals surface area contributed by atoms with Gasteiger partial charge in [0, 0.05) is 0 Å².